The van der Waals surface area contributed by atoms with Gasteiger partial charge in [-0.25, -0.2) is 9.59 Å². The second-order valence-corrected chi connectivity index (χ2v) is 7.28. The molecule has 158 valence electrons. The second-order valence-electron chi connectivity index (χ2n) is 7.28. The highest BCUT2D eigenvalue weighted by Crippen LogP contribution is 2.34. The molecule has 27 heavy (non-hydrogen) atoms. The lowest BCUT2D eigenvalue weighted by Gasteiger charge is -2.43. The molecule has 1 aliphatic heterocycles. The van der Waals surface area contributed by atoms with Crippen LogP contribution >= 0.6 is 0 Å². The summed E-state index contributed by atoms with van der Waals surface area (Å²) in [4.78, 5) is 19.2. The van der Waals surface area contributed by atoms with Crippen LogP contribution in [0.1, 0.15) is 41.0 Å². The first-order valence-corrected chi connectivity index (χ1v) is 8.51. The molecule has 0 aliphatic carbocycles. The lowest BCUT2D eigenvalue weighted by molar-refractivity contribution is -0.279. The molecule has 0 spiro atoms. The zero-order valence-corrected chi connectivity index (χ0v) is 16.9. The average molecular weight is 390 g/mol. The lowest BCUT2D eigenvalue weighted by atomic mass is 9.86. The SMILES string of the molecule is C=C(C)C(=O)O.C=C(C)C(=O)O.CCC1(CO)COC(C(C)(C)CO)OC1. The highest BCUT2D eigenvalue weighted by Gasteiger charge is 2.40. The van der Waals surface area contributed by atoms with Crippen molar-refractivity contribution in [2.75, 3.05) is 26.4 Å². The van der Waals surface area contributed by atoms with Crippen LogP contribution in [-0.2, 0) is 19.1 Å². The first kappa shape index (κ1) is 27.5. The number of carbonyl (C=O) groups is 2. The molecule has 1 saturated heterocycles. The molecule has 1 heterocycles. The first-order chi connectivity index (χ1) is 12.3. The van der Waals surface area contributed by atoms with Crippen molar-refractivity contribution in [1.29, 1.82) is 0 Å². The van der Waals surface area contributed by atoms with E-state index in [1.807, 2.05) is 20.8 Å². The molecule has 0 aromatic carbocycles. The molecule has 8 heteroatoms. The van der Waals surface area contributed by atoms with Crippen LogP contribution in [0.4, 0.5) is 0 Å². The Balaban J connectivity index is 0. The molecule has 0 bridgehead atoms. The zero-order valence-electron chi connectivity index (χ0n) is 16.9. The van der Waals surface area contributed by atoms with Crippen LogP contribution in [0.2, 0.25) is 0 Å². The fourth-order valence-corrected chi connectivity index (χ4v) is 1.53. The van der Waals surface area contributed by atoms with Gasteiger partial charge in [0.1, 0.15) is 0 Å². The van der Waals surface area contributed by atoms with E-state index in [-0.39, 0.29) is 36.1 Å². The topological polar surface area (TPSA) is 134 Å². The van der Waals surface area contributed by atoms with Gasteiger partial charge in [-0.1, -0.05) is 33.9 Å². The van der Waals surface area contributed by atoms with E-state index in [2.05, 4.69) is 13.2 Å². The summed E-state index contributed by atoms with van der Waals surface area (Å²) in [5.74, 6) is -1.87. The third kappa shape index (κ3) is 10.9. The van der Waals surface area contributed by atoms with E-state index in [1.165, 1.54) is 13.8 Å². The van der Waals surface area contributed by atoms with E-state index in [1.54, 1.807) is 0 Å². The van der Waals surface area contributed by atoms with Crippen molar-refractivity contribution >= 4 is 11.9 Å². The number of aliphatic hydroxyl groups is 2. The van der Waals surface area contributed by atoms with Crippen molar-refractivity contribution < 1.29 is 39.5 Å². The Kier molecular flexibility index (Phi) is 12.8. The molecule has 8 nitrogen and oxygen atoms in total. The summed E-state index contributed by atoms with van der Waals surface area (Å²) >= 11 is 0. The first-order valence-electron chi connectivity index (χ1n) is 8.51. The summed E-state index contributed by atoms with van der Waals surface area (Å²) in [5.41, 5.74) is -0.304. The van der Waals surface area contributed by atoms with Gasteiger partial charge in [0.05, 0.1) is 26.4 Å². The van der Waals surface area contributed by atoms with Gasteiger partial charge in [0.15, 0.2) is 6.29 Å². The molecule has 1 aliphatic rings. The molecule has 1 fully saturated rings. The van der Waals surface area contributed by atoms with Crippen LogP contribution in [0.5, 0.6) is 0 Å². The molecular weight excluding hydrogens is 356 g/mol. The van der Waals surface area contributed by atoms with Gasteiger partial charge in [-0.05, 0) is 20.3 Å². The minimum absolute atomic E-state index is 0.0237. The van der Waals surface area contributed by atoms with E-state index < -0.39 is 17.4 Å². The van der Waals surface area contributed by atoms with E-state index in [0.717, 1.165) is 6.42 Å². The molecule has 1 rings (SSSR count). The number of hydrogen-bond donors (Lipinski definition) is 4. The molecule has 4 N–H and O–H groups in total. The van der Waals surface area contributed by atoms with Crippen molar-refractivity contribution in [1.82, 2.24) is 0 Å². The minimum atomic E-state index is -0.935. The molecule has 0 atom stereocenters. The smallest absolute Gasteiger partial charge is 0.330 e. The maximum Gasteiger partial charge on any atom is 0.330 e. The Morgan fingerprint density at radius 1 is 1.04 bits per heavy atom. The minimum Gasteiger partial charge on any atom is -0.478 e. The summed E-state index contributed by atoms with van der Waals surface area (Å²) in [7, 11) is 0. The van der Waals surface area contributed by atoms with Gasteiger partial charge >= 0.3 is 11.9 Å². The van der Waals surface area contributed by atoms with Gasteiger partial charge in [0.2, 0.25) is 0 Å². The van der Waals surface area contributed by atoms with Crippen molar-refractivity contribution in [3.05, 3.63) is 24.3 Å². The molecule has 0 amide bonds. The van der Waals surface area contributed by atoms with Crippen molar-refractivity contribution in [2.45, 2.75) is 47.3 Å². The Morgan fingerprint density at radius 3 is 1.56 bits per heavy atom. The Hall–Kier alpha value is -1.74. The number of aliphatic hydroxyl groups excluding tert-OH is 2. The van der Waals surface area contributed by atoms with Gasteiger partial charge in [-0.15, -0.1) is 0 Å². The standard InChI is InChI=1S/C11H22O4.2C4H6O2/c1-4-11(6-13)7-14-9(15-8-11)10(2,3)5-12;2*1-3(2)4(5)6/h9,12-13H,4-8H2,1-3H3;2*1H2,2H3,(H,5,6). The maximum atomic E-state index is 9.60. The van der Waals surface area contributed by atoms with E-state index in [0.29, 0.717) is 13.2 Å². The summed E-state index contributed by atoms with van der Waals surface area (Å²) in [5, 5.41) is 34.2. The summed E-state index contributed by atoms with van der Waals surface area (Å²) in [6, 6.07) is 0. The molecular formula is C19H34O8. The van der Waals surface area contributed by atoms with Crippen molar-refractivity contribution in [3.63, 3.8) is 0 Å². The van der Waals surface area contributed by atoms with Gasteiger partial charge in [-0.3, -0.25) is 0 Å². The zero-order chi connectivity index (χ0) is 21.8. The Labute approximate surface area is 161 Å². The number of rotatable bonds is 6. The van der Waals surface area contributed by atoms with Gasteiger partial charge in [-0.2, -0.15) is 0 Å². The molecule has 0 unspecified atom stereocenters. The van der Waals surface area contributed by atoms with Gasteiger partial charge in [0, 0.05) is 22.0 Å². The van der Waals surface area contributed by atoms with Crippen LogP contribution < -0.4 is 0 Å². The largest absolute Gasteiger partial charge is 0.478 e. The summed E-state index contributed by atoms with van der Waals surface area (Å²) < 4.78 is 11.2. The van der Waals surface area contributed by atoms with Crippen LogP contribution in [0, 0.1) is 10.8 Å². The van der Waals surface area contributed by atoms with E-state index in [9.17, 15) is 19.8 Å². The second kappa shape index (κ2) is 12.6. The predicted molar refractivity (Wildman–Crippen MR) is 101 cm³/mol. The third-order valence-electron chi connectivity index (χ3n) is 3.94. The van der Waals surface area contributed by atoms with Gasteiger partial charge in [0.25, 0.3) is 0 Å². The maximum absolute atomic E-state index is 9.60. The molecule has 0 saturated carbocycles. The number of aliphatic carboxylic acids is 2. The van der Waals surface area contributed by atoms with Crippen molar-refractivity contribution in [2.24, 2.45) is 10.8 Å². The van der Waals surface area contributed by atoms with Crippen LogP contribution in [-0.4, -0.2) is 65.1 Å². The molecule has 0 radical (unpaired) electrons. The van der Waals surface area contributed by atoms with Crippen LogP contribution in [0.25, 0.3) is 0 Å². The molecule has 0 aromatic heterocycles. The van der Waals surface area contributed by atoms with Crippen LogP contribution in [0.15, 0.2) is 24.3 Å². The average Bonchev–Trinajstić information content (AvgIpc) is 2.62. The number of carboxylic acid groups (broad SMARTS) is 2. The molecule has 0 aromatic rings. The van der Waals surface area contributed by atoms with Crippen molar-refractivity contribution in [3.8, 4) is 0 Å². The van der Waals surface area contributed by atoms with Gasteiger partial charge < -0.3 is 29.9 Å². The fraction of sp³-hybridized carbons (Fsp3) is 0.684. The lowest BCUT2D eigenvalue weighted by Crippen LogP contribution is -2.49. The number of carboxylic acids is 2. The number of hydrogen-bond acceptors (Lipinski definition) is 6. The predicted octanol–water partition coefficient (Wildman–Crippen LogP) is 2.06. The van der Waals surface area contributed by atoms with Crippen LogP contribution in [0.3, 0.4) is 0 Å². The highest BCUT2D eigenvalue weighted by molar-refractivity contribution is 5.85. The Morgan fingerprint density at radius 2 is 1.37 bits per heavy atom. The third-order valence-corrected chi connectivity index (χ3v) is 3.94. The summed E-state index contributed by atoms with van der Waals surface area (Å²) in [6.07, 6.45) is 0.448. The quantitative estimate of drug-likeness (QED) is 0.507. The highest BCUT2D eigenvalue weighted by atomic mass is 16.7. The van der Waals surface area contributed by atoms with E-state index in [4.69, 9.17) is 19.7 Å². The van der Waals surface area contributed by atoms with E-state index >= 15 is 0 Å². The normalized spacial score (nSPS) is 21.7. The fourth-order valence-electron chi connectivity index (χ4n) is 1.53. The number of ether oxygens (including phenoxy) is 2. The monoisotopic (exact) mass is 390 g/mol. The Bertz CT molecular complexity index is 448. The summed E-state index contributed by atoms with van der Waals surface area (Å²) in [6.45, 7) is 16.1.